The summed E-state index contributed by atoms with van der Waals surface area (Å²) in [6.07, 6.45) is 2.93. The molecular weight excluding hydrogens is 354 g/mol. The van der Waals surface area contributed by atoms with Crippen molar-refractivity contribution < 1.29 is 13.9 Å². The molecule has 130 valence electrons. The fourth-order valence-electron chi connectivity index (χ4n) is 2.44. The second-order valence-electron chi connectivity index (χ2n) is 5.48. The van der Waals surface area contributed by atoms with E-state index < -0.39 is 5.97 Å². The Morgan fingerprint density at radius 2 is 2.12 bits per heavy atom. The van der Waals surface area contributed by atoms with Crippen molar-refractivity contribution in [3.05, 3.63) is 70.4 Å². The number of fused-ring (bicyclic) bond motifs is 1. The number of carbonyl (C=O) groups is 1. The molecule has 26 heavy (non-hydrogen) atoms. The third kappa shape index (κ3) is 3.27. The van der Waals surface area contributed by atoms with Gasteiger partial charge in [-0.05, 0) is 24.3 Å². The first-order valence-corrected chi connectivity index (χ1v) is 8.67. The summed E-state index contributed by atoms with van der Waals surface area (Å²) >= 11 is 1.41. The minimum Gasteiger partial charge on any atom is -0.462 e. The van der Waals surface area contributed by atoms with Crippen LogP contribution in [0.1, 0.15) is 5.69 Å². The van der Waals surface area contributed by atoms with E-state index in [0.717, 1.165) is 5.01 Å². The molecule has 0 radical (unpaired) electrons. The van der Waals surface area contributed by atoms with E-state index in [9.17, 15) is 9.59 Å². The first kappa shape index (κ1) is 16.2. The van der Waals surface area contributed by atoms with Gasteiger partial charge in [-0.3, -0.25) is 14.2 Å². The zero-order chi connectivity index (χ0) is 17.9. The minimum atomic E-state index is -0.531. The van der Waals surface area contributed by atoms with E-state index in [1.165, 1.54) is 22.2 Å². The van der Waals surface area contributed by atoms with Gasteiger partial charge in [0.2, 0.25) is 0 Å². The van der Waals surface area contributed by atoms with Gasteiger partial charge in [-0.1, -0.05) is 12.1 Å². The van der Waals surface area contributed by atoms with Gasteiger partial charge in [0.05, 0.1) is 29.2 Å². The SMILES string of the molecule is O=C(Cn1cnc2ccccc2c1=O)OCc1csc(-c2ccco2)n1. The number of thiazole rings is 1. The highest BCUT2D eigenvalue weighted by Crippen LogP contribution is 2.24. The Labute approximate surface area is 151 Å². The molecule has 4 rings (SSSR count). The molecule has 0 unspecified atom stereocenters. The van der Waals surface area contributed by atoms with Crippen LogP contribution in [0.15, 0.2) is 63.6 Å². The van der Waals surface area contributed by atoms with Crippen LogP contribution >= 0.6 is 11.3 Å². The number of ether oxygens (including phenoxy) is 1. The first-order valence-electron chi connectivity index (χ1n) is 7.79. The van der Waals surface area contributed by atoms with Crippen molar-refractivity contribution in [1.29, 1.82) is 0 Å². The average molecular weight is 367 g/mol. The van der Waals surface area contributed by atoms with Crippen LogP contribution in [0, 0.1) is 0 Å². The number of aromatic nitrogens is 3. The standard InChI is InChI=1S/C18H13N3O4S/c22-16(8-21-11-19-14-5-2-1-4-13(14)18(21)23)25-9-12-10-26-17(20-12)15-6-3-7-24-15/h1-7,10-11H,8-9H2. The number of para-hydroxylation sites is 1. The van der Waals surface area contributed by atoms with Gasteiger partial charge in [0, 0.05) is 5.38 Å². The summed E-state index contributed by atoms with van der Waals surface area (Å²) in [5.41, 5.74) is 0.940. The van der Waals surface area contributed by atoms with E-state index in [1.807, 2.05) is 6.07 Å². The second-order valence-corrected chi connectivity index (χ2v) is 6.33. The molecule has 0 saturated heterocycles. The van der Waals surface area contributed by atoms with E-state index in [0.29, 0.717) is 22.4 Å². The van der Waals surface area contributed by atoms with Crippen molar-refractivity contribution in [2.45, 2.75) is 13.2 Å². The van der Waals surface area contributed by atoms with Gasteiger partial charge in [0.25, 0.3) is 5.56 Å². The fraction of sp³-hybridized carbons (Fsp3) is 0.111. The summed E-state index contributed by atoms with van der Waals surface area (Å²) in [4.78, 5) is 33.0. The molecule has 7 nitrogen and oxygen atoms in total. The van der Waals surface area contributed by atoms with Crippen molar-refractivity contribution in [2.24, 2.45) is 0 Å². The normalized spacial score (nSPS) is 10.9. The summed E-state index contributed by atoms with van der Waals surface area (Å²) in [5, 5.41) is 2.98. The van der Waals surface area contributed by atoms with E-state index in [-0.39, 0.29) is 18.7 Å². The molecule has 0 spiro atoms. The number of hydrogen-bond donors (Lipinski definition) is 0. The maximum atomic E-state index is 12.4. The smallest absolute Gasteiger partial charge is 0.326 e. The second kappa shape index (κ2) is 6.93. The minimum absolute atomic E-state index is 0.0335. The number of esters is 1. The van der Waals surface area contributed by atoms with Crippen molar-refractivity contribution in [1.82, 2.24) is 14.5 Å². The molecule has 3 aromatic heterocycles. The Kier molecular flexibility index (Phi) is 4.32. The van der Waals surface area contributed by atoms with Gasteiger partial charge < -0.3 is 9.15 Å². The van der Waals surface area contributed by atoms with Gasteiger partial charge in [-0.15, -0.1) is 11.3 Å². The number of rotatable bonds is 5. The Balaban J connectivity index is 1.42. The largest absolute Gasteiger partial charge is 0.462 e. The molecule has 0 fully saturated rings. The maximum absolute atomic E-state index is 12.4. The molecule has 0 atom stereocenters. The monoisotopic (exact) mass is 367 g/mol. The molecule has 0 saturated carbocycles. The van der Waals surface area contributed by atoms with Gasteiger partial charge in [-0.2, -0.15) is 0 Å². The molecule has 4 aromatic rings. The number of hydrogen-bond acceptors (Lipinski definition) is 7. The summed E-state index contributed by atoms with van der Waals surface area (Å²) in [7, 11) is 0. The molecule has 0 bridgehead atoms. The Morgan fingerprint density at radius 3 is 2.96 bits per heavy atom. The Bertz CT molecular complexity index is 1110. The molecule has 0 aliphatic carbocycles. The third-order valence-corrected chi connectivity index (χ3v) is 4.60. The number of nitrogens with zero attached hydrogens (tertiary/aromatic N) is 3. The van der Waals surface area contributed by atoms with E-state index in [1.54, 1.807) is 42.0 Å². The zero-order valence-corrected chi connectivity index (χ0v) is 14.3. The van der Waals surface area contributed by atoms with Gasteiger partial charge in [-0.25, -0.2) is 9.97 Å². The lowest BCUT2D eigenvalue weighted by atomic mass is 10.2. The van der Waals surface area contributed by atoms with Crippen LogP contribution in [-0.2, 0) is 22.7 Å². The summed E-state index contributed by atoms with van der Waals surface area (Å²) in [6, 6.07) is 10.6. The van der Waals surface area contributed by atoms with Crippen molar-refractivity contribution in [3.8, 4) is 10.8 Å². The first-order chi connectivity index (χ1) is 12.7. The molecule has 0 aliphatic rings. The quantitative estimate of drug-likeness (QED) is 0.504. The van der Waals surface area contributed by atoms with Crippen molar-refractivity contribution in [3.63, 3.8) is 0 Å². The summed E-state index contributed by atoms with van der Waals surface area (Å²) < 4.78 is 11.7. The summed E-state index contributed by atoms with van der Waals surface area (Å²) in [6.45, 7) is -0.169. The lowest BCUT2D eigenvalue weighted by Gasteiger charge is -2.06. The van der Waals surface area contributed by atoms with Crippen LogP contribution in [0.5, 0.6) is 0 Å². The molecule has 3 heterocycles. The number of carbonyl (C=O) groups excluding carboxylic acids is 1. The van der Waals surface area contributed by atoms with Crippen molar-refractivity contribution in [2.75, 3.05) is 0 Å². The van der Waals surface area contributed by atoms with Crippen LogP contribution < -0.4 is 5.56 Å². The predicted octanol–water partition coefficient (Wildman–Crippen LogP) is 2.86. The molecular formula is C18H13N3O4S. The highest BCUT2D eigenvalue weighted by molar-refractivity contribution is 7.13. The average Bonchev–Trinajstić information content (AvgIpc) is 3.34. The van der Waals surface area contributed by atoms with Gasteiger partial charge >= 0.3 is 5.97 Å². The van der Waals surface area contributed by atoms with Crippen LogP contribution in [0.25, 0.3) is 21.7 Å². The lowest BCUT2D eigenvalue weighted by Crippen LogP contribution is -2.25. The van der Waals surface area contributed by atoms with Crippen LogP contribution in [0.2, 0.25) is 0 Å². The maximum Gasteiger partial charge on any atom is 0.326 e. The molecule has 8 heteroatoms. The Morgan fingerprint density at radius 1 is 1.23 bits per heavy atom. The van der Waals surface area contributed by atoms with Gasteiger partial charge in [0.15, 0.2) is 10.8 Å². The lowest BCUT2D eigenvalue weighted by molar-refractivity contribution is -0.145. The third-order valence-electron chi connectivity index (χ3n) is 3.70. The highest BCUT2D eigenvalue weighted by Gasteiger charge is 2.11. The van der Waals surface area contributed by atoms with Crippen LogP contribution in [0.3, 0.4) is 0 Å². The zero-order valence-electron chi connectivity index (χ0n) is 13.5. The van der Waals surface area contributed by atoms with Crippen LogP contribution in [0.4, 0.5) is 0 Å². The van der Waals surface area contributed by atoms with E-state index in [4.69, 9.17) is 9.15 Å². The molecule has 0 N–H and O–H groups in total. The van der Waals surface area contributed by atoms with Crippen LogP contribution in [-0.4, -0.2) is 20.5 Å². The molecule has 0 amide bonds. The highest BCUT2D eigenvalue weighted by atomic mass is 32.1. The summed E-state index contributed by atoms with van der Waals surface area (Å²) in [5.74, 6) is 0.137. The molecule has 1 aromatic carbocycles. The number of benzene rings is 1. The van der Waals surface area contributed by atoms with E-state index >= 15 is 0 Å². The van der Waals surface area contributed by atoms with Gasteiger partial charge in [0.1, 0.15) is 13.2 Å². The predicted molar refractivity (Wildman–Crippen MR) is 95.6 cm³/mol. The van der Waals surface area contributed by atoms with E-state index in [2.05, 4.69) is 9.97 Å². The Hall–Kier alpha value is -3.26. The topological polar surface area (TPSA) is 87.2 Å². The fourth-order valence-corrected chi connectivity index (χ4v) is 3.22. The van der Waals surface area contributed by atoms with Crippen molar-refractivity contribution >= 4 is 28.2 Å². The molecule has 0 aliphatic heterocycles. The number of furan rings is 1.